The van der Waals surface area contributed by atoms with Gasteiger partial charge in [0.05, 0.1) is 20.4 Å². The molecule has 0 aliphatic heterocycles. The van der Waals surface area contributed by atoms with Gasteiger partial charge in [0, 0.05) is 23.7 Å². The molecule has 1 aromatic heterocycles. The van der Waals surface area contributed by atoms with E-state index in [1.165, 1.54) is 25.3 Å². The molecule has 10 heteroatoms. The van der Waals surface area contributed by atoms with Crippen LogP contribution in [-0.2, 0) is 0 Å². The lowest BCUT2D eigenvalue weighted by atomic mass is 10.1. The van der Waals surface area contributed by atoms with Gasteiger partial charge in [-0.1, -0.05) is 11.6 Å². The number of aromatic nitrogens is 1. The highest BCUT2D eigenvalue weighted by atomic mass is 35.5. The minimum atomic E-state index is -0.990. The molecule has 0 saturated carbocycles. The van der Waals surface area contributed by atoms with Crippen LogP contribution in [0.1, 0.15) is 15.9 Å². The summed E-state index contributed by atoms with van der Waals surface area (Å²) in [5, 5.41) is 23.2. The second-order valence-corrected chi connectivity index (χ2v) is 5.90. The van der Waals surface area contributed by atoms with Gasteiger partial charge in [0.15, 0.2) is 5.75 Å². The predicted molar refractivity (Wildman–Crippen MR) is 96.2 cm³/mol. The van der Waals surface area contributed by atoms with Gasteiger partial charge >= 0.3 is 5.97 Å². The standard InChI is InChI=1S/C17H10ClN3O6/c1-9-13(20(23)24)7-10(8-14(9)21(25)26)17(22)27-15-5-4-12(18)11-3-2-6-19-16(11)15/h2-8H,1H3. The normalized spacial score (nSPS) is 10.6. The zero-order chi connectivity index (χ0) is 19.7. The molecule has 0 aliphatic rings. The van der Waals surface area contributed by atoms with Crippen molar-refractivity contribution in [1.29, 1.82) is 0 Å². The number of halogens is 1. The number of rotatable bonds is 4. The fraction of sp³-hybridized carbons (Fsp3) is 0.0588. The Morgan fingerprint density at radius 3 is 2.33 bits per heavy atom. The second kappa shape index (κ2) is 6.96. The van der Waals surface area contributed by atoms with E-state index in [-0.39, 0.29) is 16.9 Å². The minimum absolute atomic E-state index is 0.0749. The molecule has 0 bridgehead atoms. The molecule has 0 N–H and O–H groups in total. The number of carbonyl (C=O) groups is 1. The molecule has 3 rings (SSSR count). The summed E-state index contributed by atoms with van der Waals surface area (Å²) in [5.41, 5.74) is -1.25. The van der Waals surface area contributed by atoms with Crippen molar-refractivity contribution in [2.45, 2.75) is 6.92 Å². The van der Waals surface area contributed by atoms with E-state index >= 15 is 0 Å². The number of nitro groups is 2. The average molecular weight is 388 g/mol. The molecule has 136 valence electrons. The van der Waals surface area contributed by atoms with E-state index < -0.39 is 27.2 Å². The summed E-state index contributed by atoms with van der Waals surface area (Å²) in [6, 6.07) is 8.16. The number of pyridine rings is 1. The molecule has 0 fully saturated rings. The lowest BCUT2D eigenvalue weighted by Crippen LogP contribution is -2.11. The Hall–Kier alpha value is -3.59. The summed E-state index contributed by atoms with van der Waals surface area (Å²) in [6.45, 7) is 1.24. The van der Waals surface area contributed by atoms with Crippen molar-refractivity contribution in [2.24, 2.45) is 0 Å². The Morgan fingerprint density at radius 1 is 1.11 bits per heavy atom. The number of benzene rings is 2. The Labute approximate surface area is 156 Å². The largest absolute Gasteiger partial charge is 0.421 e. The number of hydrogen-bond donors (Lipinski definition) is 0. The molecular formula is C17H10ClN3O6. The smallest absolute Gasteiger partial charge is 0.344 e. The van der Waals surface area contributed by atoms with Gasteiger partial charge in [-0.3, -0.25) is 25.2 Å². The lowest BCUT2D eigenvalue weighted by Gasteiger charge is -2.09. The molecular weight excluding hydrogens is 378 g/mol. The van der Waals surface area contributed by atoms with Crippen LogP contribution in [0, 0.1) is 27.2 Å². The molecule has 0 aliphatic carbocycles. The van der Waals surface area contributed by atoms with Crippen molar-refractivity contribution in [1.82, 2.24) is 4.98 Å². The van der Waals surface area contributed by atoms with E-state index in [0.717, 1.165) is 12.1 Å². The zero-order valence-corrected chi connectivity index (χ0v) is 14.5. The Balaban J connectivity index is 2.06. The minimum Gasteiger partial charge on any atom is -0.421 e. The molecule has 0 unspecified atom stereocenters. The topological polar surface area (TPSA) is 125 Å². The Bertz CT molecular complexity index is 1080. The molecule has 0 radical (unpaired) electrons. The SMILES string of the molecule is Cc1c([N+](=O)[O-])cc(C(=O)Oc2ccc(Cl)c3cccnc23)cc1[N+](=O)[O-]. The van der Waals surface area contributed by atoms with E-state index in [2.05, 4.69) is 4.98 Å². The molecule has 9 nitrogen and oxygen atoms in total. The Kier molecular flexibility index (Phi) is 4.70. The van der Waals surface area contributed by atoms with Gasteiger partial charge in [-0.15, -0.1) is 0 Å². The van der Waals surface area contributed by atoms with Gasteiger partial charge in [-0.05, 0) is 31.2 Å². The quantitative estimate of drug-likeness (QED) is 0.283. The first-order valence-electron chi connectivity index (χ1n) is 7.48. The van der Waals surface area contributed by atoms with Crippen molar-refractivity contribution in [2.75, 3.05) is 0 Å². The summed E-state index contributed by atoms with van der Waals surface area (Å²) in [5.74, 6) is -0.915. The molecule has 0 saturated heterocycles. The van der Waals surface area contributed by atoms with E-state index in [1.54, 1.807) is 12.1 Å². The fourth-order valence-corrected chi connectivity index (χ4v) is 2.75. The summed E-state index contributed by atoms with van der Waals surface area (Å²) in [6.07, 6.45) is 1.48. The maximum Gasteiger partial charge on any atom is 0.344 e. The van der Waals surface area contributed by atoms with Crippen LogP contribution in [-0.4, -0.2) is 20.8 Å². The molecule has 0 atom stereocenters. The van der Waals surface area contributed by atoms with E-state index in [0.29, 0.717) is 15.9 Å². The number of hydrogen-bond acceptors (Lipinski definition) is 7. The molecule has 27 heavy (non-hydrogen) atoms. The highest BCUT2D eigenvalue weighted by molar-refractivity contribution is 6.35. The number of ether oxygens (including phenoxy) is 1. The first-order valence-corrected chi connectivity index (χ1v) is 7.86. The molecule has 0 amide bonds. The van der Waals surface area contributed by atoms with Crippen LogP contribution in [0.3, 0.4) is 0 Å². The van der Waals surface area contributed by atoms with Gasteiger partial charge < -0.3 is 4.74 Å². The summed E-state index contributed by atoms with van der Waals surface area (Å²) >= 11 is 6.08. The third-order valence-electron chi connectivity index (χ3n) is 3.86. The van der Waals surface area contributed by atoms with Crippen LogP contribution >= 0.6 is 11.6 Å². The van der Waals surface area contributed by atoms with Crippen molar-refractivity contribution < 1.29 is 19.4 Å². The van der Waals surface area contributed by atoms with Crippen molar-refractivity contribution in [3.05, 3.63) is 79.0 Å². The zero-order valence-electron chi connectivity index (χ0n) is 13.7. The van der Waals surface area contributed by atoms with E-state index in [9.17, 15) is 25.0 Å². The van der Waals surface area contributed by atoms with Crippen LogP contribution in [0.2, 0.25) is 5.02 Å². The second-order valence-electron chi connectivity index (χ2n) is 5.49. The van der Waals surface area contributed by atoms with Gasteiger partial charge in [-0.2, -0.15) is 0 Å². The highest BCUT2D eigenvalue weighted by Gasteiger charge is 2.26. The van der Waals surface area contributed by atoms with Gasteiger partial charge in [-0.25, -0.2) is 4.79 Å². The third kappa shape index (κ3) is 3.40. The number of carbonyl (C=O) groups excluding carboxylic acids is 1. The van der Waals surface area contributed by atoms with E-state index in [4.69, 9.17) is 16.3 Å². The number of fused-ring (bicyclic) bond motifs is 1. The van der Waals surface area contributed by atoms with Crippen LogP contribution in [0.5, 0.6) is 5.75 Å². The van der Waals surface area contributed by atoms with Gasteiger partial charge in [0.1, 0.15) is 11.1 Å². The number of nitrogens with zero attached hydrogens (tertiary/aromatic N) is 3. The number of nitro benzene ring substituents is 2. The van der Waals surface area contributed by atoms with Crippen molar-refractivity contribution in [3.8, 4) is 5.75 Å². The predicted octanol–water partition coefficient (Wildman–Crippen LogP) is 4.23. The lowest BCUT2D eigenvalue weighted by molar-refractivity contribution is -0.395. The summed E-state index contributed by atoms with van der Waals surface area (Å²) in [4.78, 5) is 37.3. The number of esters is 1. The molecule has 3 aromatic rings. The monoisotopic (exact) mass is 387 g/mol. The van der Waals surface area contributed by atoms with Crippen molar-refractivity contribution >= 4 is 39.8 Å². The van der Waals surface area contributed by atoms with Gasteiger partial charge in [0.25, 0.3) is 11.4 Å². The van der Waals surface area contributed by atoms with Crippen molar-refractivity contribution in [3.63, 3.8) is 0 Å². The summed E-state index contributed by atoms with van der Waals surface area (Å²) < 4.78 is 5.27. The third-order valence-corrected chi connectivity index (χ3v) is 4.19. The first kappa shape index (κ1) is 18.2. The summed E-state index contributed by atoms with van der Waals surface area (Å²) in [7, 11) is 0. The van der Waals surface area contributed by atoms with Crippen LogP contribution in [0.15, 0.2) is 42.6 Å². The fourth-order valence-electron chi connectivity index (χ4n) is 2.53. The van der Waals surface area contributed by atoms with E-state index in [1.807, 2.05) is 0 Å². The van der Waals surface area contributed by atoms with Crippen LogP contribution in [0.25, 0.3) is 10.9 Å². The molecule has 1 heterocycles. The molecule has 2 aromatic carbocycles. The van der Waals surface area contributed by atoms with Crippen LogP contribution in [0.4, 0.5) is 11.4 Å². The first-order chi connectivity index (χ1) is 12.8. The maximum atomic E-state index is 12.5. The van der Waals surface area contributed by atoms with Crippen LogP contribution < -0.4 is 4.74 Å². The molecule has 0 spiro atoms. The Morgan fingerprint density at radius 2 is 1.74 bits per heavy atom. The highest BCUT2D eigenvalue weighted by Crippen LogP contribution is 2.32. The van der Waals surface area contributed by atoms with Gasteiger partial charge in [0.2, 0.25) is 0 Å². The average Bonchev–Trinajstić information content (AvgIpc) is 2.63. The maximum absolute atomic E-state index is 12.5.